The smallest absolute Gasteiger partial charge is 0.0406 e. The van der Waals surface area contributed by atoms with Gasteiger partial charge in [0, 0.05) is 17.1 Å². The topological polar surface area (TPSA) is 12.0 Å². The molecule has 0 saturated heterocycles. The third kappa shape index (κ3) is 3.58. The summed E-state index contributed by atoms with van der Waals surface area (Å²) >= 11 is 5.93. The van der Waals surface area contributed by atoms with Gasteiger partial charge in [-0.1, -0.05) is 29.8 Å². The Bertz CT molecular complexity index is 367. The summed E-state index contributed by atoms with van der Waals surface area (Å²) in [5.74, 6) is 0.795. The molecule has 2 rings (SSSR count). The summed E-state index contributed by atoms with van der Waals surface area (Å²) in [5.41, 5.74) is 1.35. The molecule has 1 saturated carbocycles. The lowest BCUT2D eigenvalue weighted by molar-refractivity contribution is 0.421. The average molecular weight is 250 g/mol. The van der Waals surface area contributed by atoms with Gasteiger partial charge in [-0.25, -0.2) is 0 Å². The van der Waals surface area contributed by atoms with Crippen LogP contribution in [0.25, 0.3) is 0 Å². The number of hydrogen-bond donors (Lipinski definition) is 1. The van der Waals surface area contributed by atoms with Crippen LogP contribution in [-0.2, 0) is 0 Å². The minimum atomic E-state index is 0.474. The normalized spacial score (nSPS) is 18.7. The Morgan fingerprint density at radius 1 is 1.41 bits per heavy atom. The van der Waals surface area contributed by atoms with Crippen molar-refractivity contribution in [2.24, 2.45) is 5.92 Å². The summed E-state index contributed by atoms with van der Waals surface area (Å²) < 4.78 is 0. The van der Waals surface area contributed by atoms with E-state index in [1.807, 2.05) is 18.2 Å². The first-order valence-corrected chi connectivity index (χ1v) is 6.71. The number of benzene rings is 1. The van der Waals surface area contributed by atoms with Crippen LogP contribution in [0.2, 0.25) is 5.02 Å². The van der Waals surface area contributed by atoms with Gasteiger partial charge in [0.15, 0.2) is 0 Å². The predicted molar refractivity (Wildman–Crippen MR) is 74.3 cm³/mol. The highest BCUT2D eigenvalue weighted by atomic mass is 35.5. The van der Waals surface area contributed by atoms with Crippen LogP contribution < -0.4 is 5.32 Å². The van der Waals surface area contributed by atoms with E-state index in [1.54, 1.807) is 0 Å². The van der Waals surface area contributed by atoms with Crippen molar-refractivity contribution >= 4 is 11.6 Å². The second kappa shape index (κ2) is 5.70. The van der Waals surface area contributed by atoms with Gasteiger partial charge in [0.05, 0.1) is 0 Å². The summed E-state index contributed by atoms with van der Waals surface area (Å²) in [5, 5.41) is 4.51. The predicted octanol–water partition coefficient (Wildman–Crippen LogP) is 4.35. The van der Waals surface area contributed by atoms with Crippen LogP contribution in [0, 0.1) is 5.92 Å². The molecule has 1 fully saturated rings. The van der Waals surface area contributed by atoms with E-state index < -0.39 is 0 Å². The maximum atomic E-state index is 5.93. The van der Waals surface area contributed by atoms with Gasteiger partial charge in [0.2, 0.25) is 0 Å². The van der Waals surface area contributed by atoms with Crippen molar-refractivity contribution in [1.82, 2.24) is 5.32 Å². The first-order chi connectivity index (χ1) is 8.20. The Morgan fingerprint density at radius 2 is 2.06 bits per heavy atom. The van der Waals surface area contributed by atoms with Crippen molar-refractivity contribution < 1.29 is 0 Å². The maximum Gasteiger partial charge on any atom is 0.0406 e. The van der Waals surface area contributed by atoms with Gasteiger partial charge < -0.3 is 5.32 Å². The molecule has 0 aromatic heterocycles. The zero-order valence-electron chi connectivity index (χ0n) is 10.3. The van der Waals surface area contributed by atoms with E-state index in [4.69, 9.17) is 11.6 Å². The zero-order chi connectivity index (χ0) is 12.3. The Labute approximate surface area is 109 Å². The molecule has 0 spiro atoms. The SMILES string of the molecule is C=CCC(C)NC(c1ccc(Cl)cc1)C1CC1. The van der Waals surface area contributed by atoms with Crippen molar-refractivity contribution in [3.8, 4) is 0 Å². The molecule has 1 aliphatic carbocycles. The van der Waals surface area contributed by atoms with E-state index >= 15 is 0 Å². The van der Waals surface area contributed by atoms with Crippen LogP contribution in [0.3, 0.4) is 0 Å². The molecule has 0 amide bonds. The van der Waals surface area contributed by atoms with Gasteiger partial charge >= 0.3 is 0 Å². The lowest BCUT2D eigenvalue weighted by Gasteiger charge is -2.23. The Balaban J connectivity index is 2.06. The molecule has 1 aliphatic rings. The second-order valence-corrected chi connectivity index (χ2v) is 5.40. The van der Waals surface area contributed by atoms with Crippen LogP contribution in [0.15, 0.2) is 36.9 Å². The van der Waals surface area contributed by atoms with Crippen molar-refractivity contribution in [1.29, 1.82) is 0 Å². The molecule has 17 heavy (non-hydrogen) atoms. The van der Waals surface area contributed by atoms with Crippen LogP contribution >= 0.6 is 11.6 Å². The standard InChI is InChI=1S/C15H20ClN/c1-3-4-11(2)17-15(12-5-6-12)13-7-9-14(16)10-8-13/h3,7-12,15,17H,1,4-6H2,2H3. The summed E-state index contributed by atoms with van der Waals surface area (Å²) in [6.45, 7) is 6.01. The molecule has 0 radical (unpaired) electrons. The zero-order valence-corrected chi connectivity index (χ0v) is 11.1. The van der Waals surface area contributed by atoms with Gasteiger partial charge in [-0.3, -0.25) is 0 Å². The maximum absolute atomic E-state index is 5.93. The van der Waals surface area contributed by atoms with Gasteiger partial charge in [0.25, 0.3) is 0 Å². The molecule has 2 unspecified atom stereocenters. The highest BCUT2D eigenvalue weighted by Crippen LogP contribution is 2.41. The number of hydrogen-bond acceptors (Lipinski definition) is 1. The Morgan fingerprint density at radius 3 is 2.59 bits per heavy atom. The number of halogens is 1. The second-order valence-electron chi connectivity index (χ2n) is 4.96. The molecule has 2 atom stereocenters. The Hall–Kier alpha value is -0.790. The fourth-order valence-corrected chi connectivity index (χ4v) is 2.35. The first kappa shape index (κ1) is 12.7. The minimum absolute atomic E-state index is 0.474. The van der Waals surface area contributed by atoms with E-state index in [0.717, 1.165) is 17.4 Å². The van der Waals surface area contributed by atoms with Gasteiger partial charge in [-0.05, 0) is 49.8 Å². The third-order valence-corrected chi connectivity index (χ3v) is 3.56. The molecule has 0 bridgehead atoms. The molecular weight excluding hydrogens is 230 g/mol. The Kier molecular flexibility index (Phi) is 4.25. The first-order valence-electron chi connectivity index (χ1n) is 6.33. The van der Waals surface area contributed by atoms with E-state index in [9.17, 15) is 0 Å². The van der Waals surface area contributed by atoms with Gasteiger partial charge in [-0.15, -0.1) is 6.58 Å². The van der Waals surface area contributed by atoms with E-state index in [1.165, 1.54) is 18.4 Å². The molecule has 1 aromatic rings. The fraction of sp³-hybridized carbons (Fsp3) is 0.467. The number of nitrogens with one attached hydrogen (secondary N) is 1. The van der Waals surface area contributed by atoms with Gasteiger partial charge in [0.1, 0.15) is 0 Å². The van der Waals surface area contributed by atoms with Crippen LogP contribution in [0.4, 0.5) is 0 Å². The van der Waals surface area contributed by atoms with E-state index in [0.29, 0.717) is 12.1 Å². The highest BCUT2D eigenvalue weighted by Gasteiger charge is 2.32. The summed E-state index contributed by atoms with van der Waals surface area (Å²) in [6.07, 6.45) is 5.66. The summed E-state index contributed by atoms with van der Waals surface area (Å²) in [6, 6.07) is 9.19. The lowest BCUT2D eigenvalue weighted by atomic mass is 10.0. The van der Waals surface area contributed by atoms with Crippen molar-refractivity contribution in [3.05, 3.63) is 47.5 Å². The largest absolute Gasteiger partial charge is 0.307 e. The molecule has 92 valence electrons. The van der Waals surface area contributed by atoms with Crippen molar-refractivity contribution in [3.63, 3.8) is 0 Å². The molecule has 2 heteroatoms. The fourth-order valence-electron chi connectivity index (χ4n) is 2.23. The molecule has 0 aliphatic heterocycles. The molecule has 1 nitrogen and oxygen atoms in total. The monoisotopic (exact) mass is 249 g/mol. The molecule has 1 N–H and O–H groups in total. The number of rotatable bonds is 6. The average Bonchev–Trinajstić information content (AvgIpc) is 3.12. The van der Waals surface area contributed by atoms with Crippen LogP contribution in [0.5, 0.6) is 0 Å². The minimum Gasteiger partial charge on any atom is -0.307 e. The van der Waals surface area contributed by atoms with E-state index in [2.05, 4.69) is 31.0 Å². The lowest BCUT2D eigenvalue weighted by Crippen LogP contribution is -2.31. The molecular formula is C15H20ClN. The van der Waals surface area contributed by atoms with Crippen molar-refractivity contribution in [2.45, 2.75) is 38.3 Å². The third-order valence-electron chi connectivity index (χ3n) is 3.31. The van der Waals surface area contributed by atoms with Crippen molar-refractivity contribution in [2.75, 3.05) is 0 Å². The summed E-state index contributed by atoms with van der Waals surface area (Å²) in [7, 11) is 0. The van der Waals surface area contributed by atoms with Crippen LogP contribution in [-0.4, -0.2) is 6.04 Å². The summed E-state index contributed by atoms with van der Waals surface area (Å²) in [4.78, 5) is 0. The molecule has 1 aromatic carbocycles. The quantitative estimate of drug-likeness (QED) is 0.740. The van der Waals surface area contributed by atoms with Gasteiger partial charge in [-0.2, -0.15) is 0 Å². The van der Waals surface area contributed by atoms with E-state index in [-0.39, 0.29) is 0 Å². The molecule has 0 heterocycles. The van der Waals surface area contributed by atoms with Crippen LogP contribution in [0.1, 0.15) is 37.8 Å². The highest BCUT2D eigenvalue weighted by molar-refractivity contribution is 6.30.